The van der Waals surface area contributed by atoms with Gasteiger partial charge in [0.15, 0.2) is 0 Å². The second kappa shape index (κ2) is 10.7. The molecule has 7 aliphatic carbocycles. The molecule has 5 fully saturated rings. The second-order valence-electron chi connectivity index (χ2n) is 18.8. The van der Waals surface area contributed by atoms with E-state index in [1.807, 2.05) is 5.57 Å². The quantitative estimate of drug-likeness (QED) is 0.131. The number of nitrogens with zero attached hydrogens (tertiary/aromatic N) is 1. The summed E-state index contributed by atoms with van der Waals surface area (Å²) < 4.78 is 6.51. The number of allylic oxidation sites excluding steroid dienone is 3. The van der Waals surface area contributed by atoms with Crippen LogP contribution in [0.5, 0.6) is 0 Å². The lowest BCUT2D eigenvalue weighted by Crippen LogP contribution is -2.74. The van der Waals surface area contributed by atoms with Crippen molar-refractivity contribution in [2.45, 2.75) is 154 Å². The maximum Gasteiger partial charge on any atom is 0.0719 e. The molecule has 3 aliphatic heterocycles. The van der Waals surface area contributed by atoms with Gasteiger partial charge >= 0.3 is 0 Å². The zero-order valence-corrected chi connectivity index (χ0v) is 30.5. The normalized spacial score (nSPS) is 50.8. The number of hydrogen-bond donors (Lipinski definition) is 1. The summed E-state index contributed by atoms with van der Waals surface area (Å²) in [6.45, 7) is 13.9. The van der Waals surface area contributed by atoms with Gasteiger partial charge in [-0.15, -0.1) is 0 Å². The van der Waals surface area contributed by atoms with Crippen molar-refractivity contribution in [3.63, 3.8) is 0 Å². The van der Waals surface area contributed by atoms with Crippen molar-refractivity contribution in [1.29, 1.82) is 0 Å². The first-order valence-corrected chi connectivity index (χ1v) is 20.5. The Bertz CT molecular complexity index is 1420. The lowest BCUT2D eigenvalue weighted by atomic mass is 9.31. The van der Waals surface area contributed by atoms with E-state index in [0.717, 1.165) is 37.9 Å². The number of ether oxygens (including phenoxy) is 1. The minimum absolute atomic E-state index is 0.00978. The van der Waals surface area contributed by atoms with Crippen LogP contribution < -0.4 is 0 Å². The molecule has 11 atom stereocenters. The van der Waals surface area contributed by atoms with Gasteiger partial charge < -0.3 is 9.84 Å². The summed E-state index contributed by atoms with van der Waals surface area (Å²) in [5.74, 6) is 2.18. The van der Waals surface area contributed by atoms with Gasteiger partial charge in [0.25, 0.3) is 0 Å². The van der Waals surface area contributed by atoms with Gasteiger partial charge in [-0.05, 0) is 125 Å². The summed E-state index contributed by atoms with van der Waals surface area (Å²) in [7, 11) is 0. The third-order valence-corrected chi connectivity index (χ3v) is 18.0. The third kappa shape index (κ3) is 3.43. The molecule has 3 heteroatoms. The molecule has 0 amide bonds. The van der Waals surface area contributed by atoms with Crippen LogP contribution in [0.15, 0.2) is 47.1 Å². The van der Waals surface area contributed by atoms with Gasteiger partial charge in [-0.3, -0.25) is 4.90 Å². The fourth-order valence-corrected chi connectivity index (χ4v) is 16.3. The molecule has 10 rings (SSSR count). The summed E-state index contributed by atoms with van der Waals surface area (Å²) >= 11 is 0. The zero-order chi connectivity index (χ0) is 32.3. The SMILES string of the molecule is CCCCCCCOCC[C@@H]1CCC[C@@]12C[C@@H](C)[C@]13CCC(C)=C1C[C@@]21[C@]3(C)CC=C2C=C[C@@]34C=C[C@]21N1C[C@]13CC[C@H]4CCCO. The number of aliphatic hydroxyl groups excluding tert-OH is 1. The number of rotatable bonds is 12. The summed E-state index contributed by atoms with van der Waals surface area (Å²) in [5.41, 5.74) is 7.04. The Balaban J connectivity index is 1.16. The average Bonchev–Trinajstić information content (AvgIpc) is 3.43. The molecule has 0 aromatic rings. The Morgan fingerprint density at radius 1 is 0.957 bits per heavy atom. The van der Waals surface area contributed by atoms with Gasteiger partial charge in [0, 0.05) is 48.1 Å². The first-order valence-electron chi connectivity index (χ1n) is 20.5. The number of unbranched alkanes of at least 4 members (excludes halogenated alkanes) is 4. The van der Waals surface area contributed by atoms with Gasteiger partial charge in [0.2, 0.25) is 0 Å². The molecule has 3 heterocycles. The Morgan fingerprint density at radius 3 is 2.68 bits per heavy atom. The van der Waals surface area contributed by atoms with E-state index in [-0.39, 0.29) is 27.3 Å². The van der Waals surface area contributed by atoms with E-state index in [4.69, 9.17) is 4.74 Å². The topological polar surface area (TPSA) is 32.5 Å². The first kappa shape index (κ1) is 31.8. The highest BCUT2D eigenvalue weighted by Crippen LogP contribution is 2.91. The predicted octanol–water partition coefficient (Wildman–Crippen LogP) is 10.1. The van der Waals surface area contributed by atoms with E-state index in [1.54, 1.807) is 11.1 Å². The van der Waals surface area contributed by atoms with Crippen LogP contribution in [0.4, 0.5) is 0 Å². The zero-order valence-electron chi connectivity index (χ0n) is 30.5. The van der Waals surface area contributed by atoms with Crippen LogP contribution in [-0.2, 0) is 4.74 Å². The van der Waals surface area contributed by atoms with E-state index in [2.05, 4.69) is 63.0 Å². The lowest BCUT2D eigenvalue weighted by molar-refractivity contribution is -0.233. The average molecular weight is 640 g/mol. The van der Waals surface area contributed by atoms with Crippen molar-refractivity contribution in [2.75, 3.05) is 26.4 Å². The van der Waals surface area contributed by atoms with E-state index >= 15 is 0 Å². The van der Waals surface area contributed by atoms with E-state index in [9.17, 15) is 5.11 Å². The minimum Gasteiger partial charge on any atom is -0.396 e. The summed E-state index contributed by atoms with van der Waals surface area (Å²) in [4.78, 5) is 3.17. The predicted molar refractivity (Wildman–Crippen MR) is 192 cm³/mol. The van der Waals surface area contributed by atoms with Crippen LogP contribution in [-0.4, -0.2) is 47.4 Å². The minimum atomic E-state index is 0.00978. The molecule has 258 valence electrons. The van der Waals surface area contributed by atoms with Crippen LogP contribution in [0.3, 0.4) is 0 Å². The van der Waals surface area contributed by atoms with E-state index in [1.165, 1.54) is 109 Å². The largest absolute Gasteiger partial charge is 0.396 e. The third-order valence-electron chi connectivity index (χ3n) is 18.0. The standard InChI is InChI=1S/C44H65NO2/c1-5-6-7-8-9-27-47-28-18-35-12-10-19-40(35)29-33(3)42-23-14-32(2)37(42)30-44(40)38(42,4)20-15-36-16-21-39-24-25-43(36,44)45-31-41(39,45)22-17-34(39)13-11-26-46/h15-16,21,24-25,33-35,46H,5-14,17-20,22-23,26-31H2,1-4H3/t33-,34-,35+,38-,39+,40-,41+,42-,43+,44-,45?/m1/s1. The second-order valence-corrected chi connectivity index (χ2v) is 18.8. The molecule has 4 bridgehead atoms. The van der Waals surface area contributed by atoms with Crippen molar-refractivity contribution in [1.82, 2.24) is 4.90 Å². The van der Waals surface area contributed by atoms with Crippen LogP contribution in [0.1, 0.15) is 143 Å². The molecule has 4 saturated carbocycles. The van der Waals surface area contributed by atoms with Crippen molar-refractivity contribution < 1.29 is 9.84 Å². The van der Waals surface area contributed by atoms with Crippen molar-refractivity contribution in [3.8, 4) is 0 Å². The smallest absolute Gasteiger partial charge is 0.0719 e. The summed E-state index contributed by atoms with van der Waals surface area (Å²) in [5, 5.41) is 9.84. The molecular formula is C44H65NO2. The summed E-state index contributed by atoms with van der Waals surface area (Å²) in [6.07, 6.45) is 37.6. The van der Waals surface area contributed by atoms with Gasteiger partial charge in [-0.25, -0.2) is 0 Å². The van der Waals surface area contributed by atoms with Gasteiger partial charge in [0.1, 0.15) is 0 Å². The number of aliphatic hydroxyl groups is 1. The monoisotopic (exact) mass is 640 g/mol. The molecule has 10 aliphatic rings. The van der Waals surface area contributed by atoms with Crippen LogP contribution >= 0.6 is 0 Å². The van der Waals surface area contributed by atoms with E-state index in [0.29, 0.717) is 23.4 Å². The molecule has 47 heavy (non-hydrogen) atoms. The first-order chi connectivity index (χ1) is 22.8. The van der Waals surface area contributed by atoms with Gasteiger partial charge in [-0.2, -0.15) is 0 Å². The fourth-order valence-electron chi connectivity index (χ4n) is 16.3. The van der Waals surface area contributed by atoms with E-state index < -0.39 is 0 Å². The highest BCUT2D eigenvalue weighted by Gasteiger charge is 2.89. The van der Waals surface area contributed by atoms with Crippen molar-refractivity contribution in [3.05, 3.63) is 47.1 Å². The Labute approximate surface area is 286 Å². The number of hydrogen-bond acceptors (Lipinski definition) is 3. The lowest BCUT2D eigenvalue weighted by Gasteiger charge is -2.74. The maximum atomic E-state index is 9.84. The Hall–Kier alpha value is -1.16. The van der Waals surface area contributed by atoms with Gasteiger partial charge in [0.05, 0.1) is 5.54 Å². The molecule has 3 nitrogen and oxygen atoms in total. The van der Waals surface area contributed by atoms with Crippen LogP contribution in [0.2, 0.25) is 0 Å². The van der Waals surface area contributed by atoms with Crippen LogP contribution in [0, 0.1) is 44.8 Å². The highest BCUT2D eigenvalue weighted by molar-refractivity contribution is 5.63. The maximum absolute atomic E-state index is 9.84. The Kier molecular flexibility index (Phi) is 7.22. The van der Waals surface area contributed by atoms with Crippen LogP contribution in [0.25, 0.3) is 0 Å². The fraction of sp³-hybridized carbons (Fsp3) is 0.818. The molecule has 1 N–H and O–H groups in total. The molecule has 0 aromatic heterocycles. The summed E-state index contributed by atoms with van der Waals surface area (Å²) in [6, 6.07) is 0. The molecule has 1 saturated heterocycles. The molecule has 5 spiro atoms. The van der Waals surface area contributed by atoms with Gasteiger partial charge in [-0.1, -0.05) is 94.4 Å². The Morgan fingerprint density at radius 2 is 1.83 bits per heavy atom. The molecule has 1 unspecified atom stereocenters. The molecule has 0 aromatic carbocycles. The molecule has 0 radical (unpaired) electrons. The van der Waals surface area contributed by atoms with Crippen molar-refractivity contribution in [2.24, 2.45) is 44.8 Å². The molecular weight excluding hydrogens is 574 g/mol. The van der Waals surface area contributed by atoms with Crippen molar-refractivity contribution >= 4 is 0 Å². The highest BCUT2D eigenvalue weighted by atomic mass is 16.5.